The predicted octanol–water partition coefficient (Wildman–Crippen LogP) is 21.6. The normalized spacial score (nSPS) is 12.6. The fourth-order valence-corrected chi connectivity index (χ4v) is 11.8. The number of nitrogens with zero attached hydrogens (tertiary/aromatic N) is 2. The number of rotatable bonds is 11. The number of aromatic nitrogens is 1. The second-order valence-corrected chi connectivity index (χ2v) is 20.0. The van der Waals surface area contributed by atoms with Gasteiger partial charge in [0.2, 0.25) is 0 Å². The minimum atomic E-state index is 1.08. The van der Waals surface area contributed by atoms with Gasteiger partial charge in [-0.2, -0.15) is 0 Å². The molecule has 9 aromatic rings. The molecule has 0 radical (unpaired) electrons. The summed E-state index contributed by atoms with van der Waals surface area (Å²) in [6, 6.07) is 56.1. The molecule has 0 aliphatic heterocycles. The number of thiophene rings is 1. The molecule has 2 aliphatic carbocycles. The van der Waals surface area contributed by atoms with Crippen molar-refractivity contribution in [3.05, 3.63) is 246 Å². The Bertz CT molecular complexity index is 3640. The van der Waals surface area contributed by atoms with Crippen LogP contribution >= 0.6 is 11.3 Å². The summed E-state index contributed by atoms with van der Waals surface area (Å²) in [5.74, 6) is 0. The van der Waals surface area contributed by atoms with E-state index in [0.717, 1.165) is 69.9 Å². The van der Waals surface area contributed by atoms with Crippen molar-refractivity contribution in [1.82, 2.24) is 4.57 Å². The van der Waals surface area contributed by atoms with Gasteiger partial charge in [-0.25, -0.2) is 0 Å². The van der Waals surface area contributed by atoms with Crippen molar-refractivity contribution in [3.8, 4) is 39.1 Å². The number of fused-ring (bicyclic) bond motifs is 8. The van der Waals surface area contributed by atoms with E-state index in [1.165, 1.54) is 82.4 Å². The lowest BCUT2D eigenvalue weighted by atomic mass is 9.91. The number of allylic oxidation sites excluding steroid dienone is 9. The highest BCUT2D eigenvalue weighted by Crippen LogP contribution is 2.50. The van der Waals surface area contributed by atoms with Gasteiger partial charge in [0.25, 0.3) is 0 Å². The maximum absolute atomic E-state index is 4.32. The number of hydrogen-bond donors (Lipinski definition) is 0. The van der Waals surface area contributed by atoms with E-state index in [2.05, 4.69) is 264 Å². The molecule has 0 fully saturated rings. The second kappa shape index (κ2) is 23.3. The largest absolute Gasteiger partial charge is 0.310 e. The van der Waals surface area contributed by atoms with E-state index >= 15 is 0 Å². The van der Waals surface area contributed by atoms with Crippen molar-refractivity contribution in [3.63, 3.8) is 0 Å². The van der Waals surface area contributed by atoms with Crippen LogP contribution in [0.25, 0.3) is 89.4 Å². The third-order valence-corrected chi connectivity index (χ3v) is 15.1. The third kappa shape index (κ3) is 9.81. The number of aryl methyl sites for hydroxylation is 1. The molecule has 2 aromatic heterocycles. The van der Waals surface area contributed by atoms with Gasteiger partial charge in [0.05, 0.1) is 16.9 Å². The zero-order chi connectivity index (χ0) is 51.7. The number of para-hydroxylation sites is 1. The van der Waals surface area contributed by atoms with Gasteiger partial charge >= 0.3 is 0 Å². The van der Waals surface area contributed by atoms with Crippen LogP contribution in [-0.4, -0.2) is 4.57 Å². The molecule has 11 rings (SSSR count). The summed E-state index contributed by atoms with van der Waals surface area (Å²) < 4.78 is 3.68. The lowest BCUT2D eigenvalue weighted by Crippen LogP contribution is -2.12. The Morgan fingerprint density at radius 1 is 0.608 bits per heavy atom. The Balaban J connectivity index is 0.000000786. The highest BCUT2D eigenvalue weighted by molar-refractivity contribution is 7.19. The Labute approximate surface area is 444 Å². The molecule has 3 heteroatoms. The standard InChI is InChI=1S/C63H50N2S.C5H10.C3H8/c1-6-17-51-49(8-3)50-35-37-60(63(41(50)5)55-23-14-13-21-52(51)55)64(48-33-27-43(28-34-48)45-30-38-62-57(40-45)54-22-15-16-24-61(54)66-62)47-31-25-42(26-32-47)44-29-36-59-56(39-44)53(18-7-2)58(9-4)65(59)46-19-11-10-12-20-46;1-3-5-4-2;1-3-2/h6-15,17-23,25-40H,3-4,16,24H2,1-2,5H3;3,5H,4H2,1-2H3;3H2,1-2H3/b17-6-,18-7-;5-3-;. The van der Waals surface area contributed by atoms with Crippen LogP contribution in [0.15, 0.2) is 207 Å². The van der Waals surface area contributed by atoms with Gasteiger partial charge in [-0.3, -0.25) is 0 Å². The van der Waals surface area contributed by atoms with Crippen LogP contribution in [0.4, 0.5) is 17.1 Å². The van der Waals surface area contributed by atoms with Crippen molar-refractivity contribution >= 4 is 78.8 Å². The molecule has 0 saturated heterocycles. The molecule has 2 aliphatic rings. The molecule has 7 aromatic carbocycles. The van der Waals surface area contributed by atoms with Crippen molar-refractivity contribution in [1.29, 1.82) is 0 Å². The molecular formula is C71H68N2S. The van der Waals surface area contributed by atoms with Crippen LogP contribution in [0.1, 0.15) is 99.2 Å². The van der Waals surface area contributed by atoms with Crippen molar-refractivity contribution < 1.29 is 0 Å². The lowest BCUT2D eigenvalue weighted by Gasteiger charge is -2.30. The monoisotopic (exact) mass is 981 g/mol. The summed E-state index contributed by atoms with van der Waals surface area (Å²) in [4.78, 5) is 3.94. The van der Waals surface area contributed by atoms with Crippen LogP contribution in [0.2, 0.25) is 0 Å². The average Bonchev–Trinajstić information content (AvgIpc) is 3.96. The Morgan fingerprint density at radius 3 is 1.84 bits per heavy atom. The second-order valence-electron chi connectivity index (χ2n) is 18.8. The topological polar surface area (TPSA) is 8.17 Å². The molecule has 2 heterocycles. The summed E-state index contributed by atoms with van der Waals surface area (Å²) >= 11 is 1.94. The van der Waals surface area contributed by atoms with Gasteiger partial charge in [-0.1, -0.05) is 180 Å². The molecule has 2 nitrogen and oxygen atoms in total. The molecule has 2 bridgehead atoms. The van der Waals surface area contributed by atoms with E-state index in [4.69, 9.17) is 0 Å². The predicted molar refractivity (Wildman–Crippen MR) is 329 cm³/mol. The molecule has 0 unspecified atom stereocenters. The SMILES string of the molecule is C/C=C\CC.C=CC1=C(/C=C\C)c2ccccc2-c2c(N(c3ccc(-c4ccc5sc6c(c5c4)C=CCC6)cc3)c3ccc(-c4ccc5c(c4)c(/C=C\C)c(C=C)n5-c4ccccc4)cc3)ccc1c2C.CCC. The van der Waals surface area contributed by atoms with Crippen LogP contribution in [0, 0.1) is 6.92 Å². The molecule has 0 atom stereocenters. The number of anilines is 3. The maximum atomic E-state index is 4.32. The quantitative estimate of drug-likeness (QED) is 0.117. The zero-order valence-corrected chi connectivity index (χ0v) is 45.1. The average molecular weight is 981 g/mol. The zero-order valence-electron chi connectivity index (χ0n) is 44.3. The lowest BCUT2D eigenvalue weighted by molar-refractivity contribution is 1.02. The Hall–Kier alpha value is -7.98. The van der Waals surface area contributed by atoms with E-state index < -0.39 is 0 Å². The molecule has 368 valence electrons. The third-order valence-electron chi connectivity index (χ3n) is 13.9. The maximum Gasteiger partial charge on any atom is 0.0543 e. The van der Waals surface area contributed by atoms with Gasteiger partial charge in [0.1, 0.15) is 0 Å². The van der Waals surface area contributed by atoms with Gasteiger partial charge in [-0.05, 0) is 181 Å². The number of benzene rings is 7. The van der Waals surface area contributed by atoms with E-state index in [0.29, 0.717) is 0 Å². The molecule has 0 spiro atoms. The fraction of sp³-hybridized carbons (Fsp3) is 0.155. The molecule has 74 heavy (non-hydrogen) atoms. The minimum absolute atomic E-state index is 1.08. The summed E-state index contributed by atoms with van der Waals surface area (Å²) in [6.07, 6.45) is 26.2. The molecule has 0 amide bonds. The first-order valence-corrected chi connectivity index (χ1v) is 27.2. The highest BCUT2D eigenvalue weighted by Gasteiger charge is 2.27. The summed E-state index contributed by atoms with van der Waals surface area (Å²) in [6.45, 7) is 23.4. The van der Waals surface area contributed by atoms with E-state index in [1.807, 2.05) is 30.4 Å². The summed E-state index contributed by atoms with van der Waals surface area (Å²) in [5.41, 5.74) is 22.4. The first-order valence-electron chi connectivity index (χ1n) is 26.4. The van der Waals surface area contributed by atoms with Crippen LogP contribution in [0.5, 0.6) is 0 Å². The van der Waals surface area contributed by atoms with Crippen molar-refractivity contribution in [2.75, 3.05) is 4.90 Å². The summed E-state index contributed by atoms with van der Waals surface area (Å²) in [7, 11) is 0. The first-order chi connectivity index (χ1) is 36.3. The Morgan fingerprint density at radius 2 is 1.23 bits per heavy atom. The highest BCUT2D eigenvalue weighted by atomic mass is 32.1. The fourth-order valence-electron chi connectivity index (χ4n) is 10.6. The van der Waals surface area contributed by atoms with Crippen molar-refractivity contribution in [2.24, 2.45) is 0 Å². The molecule has 0 N–H and O–H groups in total. The van der Waals surface area contributed by atoms with Crippen LogP contribution in [0.3, 0.4) is 0 Å². The smallest absolute Gasteiger partial charge is 0.0543 e. The summed E-state index contributed by atoms with van der Waals surface area (Å²) in [5, 5.41) is 2.55. The van der Waals surface area contributed by atoms with E-state index in [9.17, 15) is 0 Å². The van der Waals surface area contributed by atoms with Gasteiger partial charge in [0.15, 0.2) is 0 Å². The van der Waals surface area contributed by atoms with Crippen molar-refractivity contribution in [2.45, 2.75) is 74.1 Å². The van der Waals surface area contributed by atoms with E-state index in [-0.39, 0.29) is 0 Å². The van der Waals surface area contributed by atoms with Gasteiger partial charge in [0, 0.05) is 48.5 Å². The molecule has 0 saturated carbocycles. The minimum Gasteiger partial charge on any atom is -0.310 e. The van der Waals surface area contributed by atoms with Crippen LogP contribution < -0.4 is 4.90 Å². The van der Waals surface area contributed by atoms with E-state index in [1.54, 1.807) is 0 Å². The first kappa shape index (κ1) is 50.9. The number of hydrogen-bond acceptors (Lipinski definition) is 2. The molecular weight excluding hydrogens is 913 g/mol. The van der Waals surface area contributed by atoms with Crippen LogP contribution in [-0.2, 0) is 6.42 Å². The van der Waals surface area contributed by atoms with Gasteiger partial charge in [-0.15, -0.1) is 11.3 Å². The Kier molecular flexibility index (Phi) is 16.0. The van der Waals surface area contributed by atoms with Gasteiger partial charge < -0.3 is 9.47 Å².